The zero-order valence-corrected chi connectivity index (χ0v) is 11.1. The summed E-state index contributed by atoms with van der Waals surface area (Å²) >= 11 is 0. The number of hydrogen-bond acceptors (Lipinski definition) is 3. The van der Waals surface area contributed by atoms with Crippen molar-refractivity contribution in [3.8, 4) is 5.75 Å². The first-order valence-corrected chi connectivity index (χ1v) is 6.45. The molecule has 6 heteroatoms. The number of para-hydroxylation sites is 1. The molecule has 0 atom stereocenters. The number of nitrogens with one attached hydrogen (secondary N) is 1. The van der Waals surface area contributed by atoms with E-state index in [9.17, 15) is 14.0 Å². The van der Waals surface area contributed by atoms with Crippen LogP contribution in [0, 0.1) is 5.82 Å². The topological polar surface area (TPSA) is 75.6 Å². The van der Waals surface area contributed by atoms with Crippen molar-refractivity contribution in [1.82, 2.24) is 5.32 Å². The van der Waals surface area contributed by atoms with Crippen molar-refractivity contribution in [3.63, 3.8) is 0 Å². The Morgan fingerprint density at radius 2 is 1.95 bits per heavy atom. The molecule has 0 aliphatic carbocycles. The Morgan fingerprint density at radius 1 is 1.20 bits per heavy atom. The van der Waals surface area contributed by atoms with Crippen LogP contribution in [0.25, 0.3) is 0 Å². The number of carboxylic acid groups (broad SMARTS) is 1. The molecule has 0 bridgehead atoms. The van der Waals surface area contributed by atoms with E-state index in [1.54, 1.807) is 12.1 Å². The molecular weight excluding hydrogens is 265 g/mol. The zero-order chi connectivity index (χ0) is 14.8. The highest BCUT2D eigenvalue weighted by molar-refractivity contribution is 5.75. The Labute approximate surface area is 116 Å². The van der Waals surface area contributed by atoms with E-state index in [1.165, 1.54) is 12.1 Å². The molecule has 0 spiro atoms. The van der Waals surface area contributed by atoms with Crippen LogP contribution in [0.2, 0.25) is 0 Å². The molecule has 1 rings (SSSR count). The molecule has 0 radical (unpaired) electrons. The molecule has 0 unspecified atom stereocenters. The molecule has 0 saturated heterocycles. The number of hydrogen-bond donors (Lipinski definition) is 2. The summed E-state index contributed by atoms with van der Waals surface area (Å²) in [4.78, 5) is 21.6. The normalized spacial score (nSPS) is 10.1. The van der Waals surface area contributed by atoms with Crippen LogP contribution in [0.5, 0.6) is 5.75 Å². The van der Waals surface area contributed by atoms with Gasteiger partial charge in [0, 0.05) is 19.4 Å². The number of carbonyl (C=O) groups excluding carboxylic acids is 1. The fourth-order valence-corrected chi connectivity index (χ4v) is 1.53. The summed E-state index contributed by atoms with van der Waals surface area (Å²) in [5, 5.41) is 11.0. The molecule has 5 nitrogen and oxygen atoms in total. The number of carbonyl (C=O) groups is 2. The molecule has 0 fully saturated rings. The lowest BCUT2D eigenvalue weighted by atomic mass is 10.3. The van der Waals surface area contributed by atoms with E-state index in [-0.39, 0.29) is 31.1 Å². The SMILES string of the molecule is O=C(O)CCCNC(=O)CCCOc1ccccc1F. The maximum atomic E-state index is 13.2. The van der Waals surface area contributed by atoms with Gasteiger partial charge in [-0.05, 0) is 25.0 Å². The number of benzene rings is 1. The number of rotatable bonds is 9. The second-order valence-corrected chi connectivity index (χ2v) is 4.23. The van der Waals surface area contributed by atoms with Gasteiger partial charge in [-0.3, -0.25) is 9.59 Å². The van der Waals surface area contributed by atoms with E-state index in [0.717, 1.165) is 0 Å². The summed E-state index contributed by atoms with van der Waals surface area (Å²) in [5.41, 5.74) is 0. The molecule has 0 aliphatic rings. The third-order valence-electron chi connectivity index (χ3n) is 2.53. The van der Waals surface area contributed by atoms with E-state index in [2.05, 4.69) is 5.32 Å². The van der Waals surface area contributed by atoms with Crippen molar-refractivity contribution < 1.29 is 23.8 Å². The van der Waals surface area contributed by atoms with Gasteiger partial charge < -0.3 is 15.2 Å². The molecular formula is C14H18FNO4. The minimum Gasteiger partial charge on any atom is -0.491 e. The zero-order valence-electron chi connectivity index (χ0n) is 11.1. The van der Waals surface area contributed by atoms with Crippen LogP contribution in [0.1, 0.15) is 25.7 Å². The van der Waals surface area contributed by atoms with Gasteiger partial charge in [0.1, 0.15) is 0 Å². The predicted octanol–water partition coefficient (Wildman–Crippen LogP) is 1.97. The summed E-state index contributed by atoms with van der Waals surface area (Å²) in [7, 11) is 0. The van der Waals surface area contributed by atoms with E-state index >= 15 is 0 Å². The first kappa shape index (κ1) is 15.9. The highest BCUT2D eigenvalue weighted by atomic mass is 19.1. The van der Waals surface area contributed by atoms with Gasteiger partial charge in [0.05, 0.1) is 6.61 Å². The third-order valence-corrected chi connectivity index (χ3v) is 2.53. The third kappa shape index (κ3) is 6.72. The van der Waals surface area contributed by atoms with Crippen molar-refractivity contribution in [2.45, 2.75) is 25.7 Å². The van der Waals surface area contributed by atoms with Crippen LogP contribution in [0.15, 0.2) is 24.3 Å². The van der Waals surface area contributed by atoms with Crippen molar-refractivity contribution in [2.24, 2.45) is 0 Å². The average Bonchev–Trinajstić information content (AvgIpc) is 2.41. The molecule has 1 aromatic rings. The lowest BCUT2D eigenvalue weighted by Crippen LogP contribution is -2.25. The number of ether oxygens (including phenoxy) is 1. The first-order chi connectivity index (χ1) is 9.59. The Morgan fingerprint density at radius 3 is 2.65 bits per heavy atom. The highest BCUT2D eigenvalue weighted by Gasteiger charge is 2.04. The van der Waals surface area contributed by atoms with Crippen molar-refractivity contribution >= 4 is 11.9 Å². The Hall–Kier alpha value is -2.11. The summed E-state index contributed by atoms with van der Waals surface area (Å²) in [5.74, 6) is -1.29. The van der Waals surface area contributed by atoms with Crippen molar-refractivity contribution in [1.29, 1.82) is 0 Å². The molecule has 0 aromatic heterocycles. The van der Waals surface area contributed by atoms with E-state index in [0.29, 0.717) is 19.4 Å². The van der Waals surface area contributed by atoms with E-state index in [1.807, 2.05) is 0 Å². The predicted molar refractivity (Wildman–Crippen MR) is 71.0 cm³/mol. The molecule has 20 heavy (non-hydrogen) atoms. The van der Waals surface area contributed by atoms with Gasteiger partial charge >= 0.3 is 5.97 Å². The Bertz CT molecular complexity index is 451. The summed E-state index contributed by atoms with van der Waals surface area (Å²) in [6.45, 7) is 0.600. The van der Waals surface area contributed by atoms with Crippen LogP contribution < -0.4 is 10.1 Å². The maximum absolute atomic E-state index is 13.2. The second kappa shape index (κ2) is 8.90. The van der Waals surface area contributed by atoms with Gasteiger partial charge in [-0.1, -0.05) is 12.1 Å². The number of halogens is 1. The fourth-order valence-electron chi connectivity index (χ4n) is 1.53. The summed E-state index contributed by atoms with van der Waals surface area (Å²) in [6, 6.07) is 6.09. The number of amides is 1. The quantitative estimate of drug-likeness (QED) is 0.679. The van der Waals surface area contributed by atoms with Gasteiger partial charge in [-0.2, -0.15) is 0 Å². The molecule has 1 aromatic carbocycles. The van der Waals surface area contributed by atoms with E-state index < -0.39 is 11.8 Å². The molecule has 1 amide bonds. The van der Waals surface area contributed by atoms with E-state index in [4.69, 9.17) is 9.84 Å². The average molecular weight is 283 g/mol. The van der Waals surface area contributed by atoms with Crippen LogP contribution in [-0.4, -0.2) is 30.1 Å². The highest BCUT2D eigenvalue weighted by Crippen LogP contribution is 2.15. The number of carboxylic acids is 1. The van der Waals surface area contributed by atoms with Crippen molar-refractivity contribution in [2.75, 3.05) is 13.2 Å². The van der Waals surface area contributed by atoms with Gasteiger partial charge in [0.25, 0.3) is 0 Å². The molecule has 110 valence electrons. The Kier molecular flexibility index (Phi) is 7.10. The second-order valence-electron chi connectivity index (χ2n) is 4.23. The standard InChI is InChI=1S/C14H18FNO4/c15-11-5-1-2-6-12(11)20-10-4-7-13(17)16-9-3-8-14(18)19/h1-2,5-6H,3-4,7-10H2,(H,16,17)(H,18,19). The van der Waals surface area contributed by atoms with Gasteiger partial charge in [-0.15, -0.1) is 0 Å². The van der Waals surface area contributed by atoms with Gasteiger partial charge in [-0.25, -0.2) is 4.39 Å². The maximum Gasteiger partial charge on any atom is 0.303 e. The minimum atomic E-state index is -0.877. The molecule has 0 heterocycles. The summed E-state index contributed by atoms with van der Waals surface area (Å²) in [6.07, 6.45) is 1.18. The van der Waals surface area contributed by atoms with Crippen LogP contribution in [-0.2, 0) is 9.59 Å². The van der Waals surface area contributed by atoms with Gasteiger partial charge in [0.15, 0.2) is 11.6 Å². The fraction of sp³-hybridized carbons (Fsp3) is 0.429. The summed E-state index contributed by atoms with van der Waals surface area (Å²) < 4.78 is 18.4. The number of aliphatic carboxylic acids is 1. The molecule has 0 saturated carbocycles. The smallest absolute Gasteiger partial charge is 0.303 e. The first-order valence-electron chi connectivity index (χ1n) is 6.45. The lowest BCUT2D eigenvalue weighted by molar-refractivity contribution is -0.137. The monoisotopic (exact) mass is 283 g/mol. The van der Waals surface area contributed by atoms with Crippen molar-refractivity contribution in [3.05, 3.63) is 30.1 Å². The van der Waals surface area contributed by atoms with Gasteiger partial charge in [0.2, 0.25) is 5.91 Å². The lowest BCUT2D eigenvalue weighted by Gasteiger charge is -2.07. The van der Waals surface area contributed by atoms with Crippen LogP contribution >= 0.6 is 0 Å². The molecule has 0 aliphatic heterocycles. The minimum absolute atomic E-state index is 0.0384. The molecule has 2 N–H and O–H groups in total. The largest absolute Gasteiger partial charge is 0.491 e. The van der Waals surface area contributed by atoms with Crippen LogP contribution in [0.3, 0.4) is 0 Å². The van der Waals surface area contributed by atoms with Crippen LogP contribution in [0.4, 0.5) is 4.39 Å². The Balaban J connectivity index is 2.07.